The Morgan fingerprint density at radius 1 is 1.16 bits per heavy atom. The monoisotopic (exact) mass is 512 g/mol. The summed E-state index contributed by atoms with van der Waals surface area (Å²) in [6.45, 7) is 7.82. The van der Waals surface area contributed by atoms with E-state index < -0.39 is 29.3 Å². The van der Waals surface area contributed by atoms with Crippen LogP contribution < -0.4 is 19.5 Å². The number of nitrogens with zero attached hydrogens (tertiary/aromatic N) is 1. The van der Waals surface area contributed by atoms with E-state index in [1.807, 2.05) is 0 Å². The van der Waals surface area contributed by atoms with Gasteiger partial charge < -0.3 is 29.1 Å². The van der Waals surface area contributed by atoms with E-state index in [0.29, 0.717) is 37.5 Å². The molecule has 1 N–H and O–H groups in total. The van der Waals surface area contributed by atoms with E-state index in [9.17, 15) is 19.1 Å². The fraction of sp³-hybridized carbons (Fsp3) is 0.429. The number of hydrogen-bond acceptors (Lipinski definition) is 6. The number of ketones is 1. The number of amides is 1. The van der Waals surface area contributed by atoms with Crippen LogP contribution in [0.1, 0.15) is 37.4 Å². The van der Waals surface area contributed by atoms with E-state index in [1.54, 1.807) is 38.1 Å². The molecule has 2 aliphatic rings. The Kier molecular flexibility index (Phi) is 8.45. The average molecular weight is 513 g/mol. The quantitative estimate of drug-likeness (QED) is 0.308. The number of ether oxygens (including phenoxy) is 3. The first kappa shape index (κ1) is 26.6. The molecule has 0 bridgehead atoms. The van der Waals surface area contributed by atoms with Crippen molar-refractivity contribution in [1.29, 1.82) is 0 Å². The Hall–Kier alpha value is -3.43. The summed E-state index contributed by atoms with van der Waals surface area (Å²) in [4.78, 5) is 29.3. The van der Waals surface area contributed by atoms with Crippen LogP contribution in [0, 0.1) is 5.82 Å². The van der Waals surface area contributed by atoms with Crippen molar-refractivity contribution in [3.05, 3.63) is 65.0 Å². The fourth-order valence-electron chi connectivity index (χ4n) is 4.87. The summed E-state index contributed by atoms with van der Waals surface area (Å²) >= 11 is 0. The molecule has 9 heteroatoms. The van der Waals surface area contributed by atoms with Gasteiger partial charge in [0.2, 0.25) is 5.78 Å². The Labute approximate surface area is 216 Å². The second-order valence-corrected chi connectivity index (χ2v) is 9.49. The maximum absolute atomic E-state index is 14.7. The Balaban J connectivity index is 1.71. The van der Waals surface area contributed by atoms with Gasteiger partial charge in [0.15, 0.2) is 11.6 Å². The van der Waals surface area contributed by atoms with Crippen molar-refractivity contribution in [3.63, 3.8) is 0 Å². The van der Waals surface area contributed by atoms with Gasteiger partial charge in [0.1, 0.15) is 18.8 Å². The van der Waals surface area contributed by atoms with Gasteiger partial charge in [-0.2, -0.15) is 0 Å². The molecule has 0 aromatic heterocycles. The molecule has 8 nitrogen and oxygen atoms in total. The minimum Gasteiger partial charge on any atom is -0.872 e. The lowest BCUT2D eigenvalue weighted by atomic mass is 9.94. The molecular formula is C28H33FN2O6. The van der Waals surface area contributed by atoms with Crippen LogP contribution in [0.25, 0.3) is 5.76 Å². The van der Waals surface area contributed by atoms with Crippen molar-refractivity contribution in [1.82, 2.24) is 4.90 Å². The van der Waals surface area contributed by atoms with Crippen LogP contribution in [0.4, 0.5) is 4.39 Å². The fourth-order valence-corrected chi connectivity index (χ4v) is 4.87. The molecule has 198 valence electrons. The highest BCUT2D eigenvalue weighted by molar-refractivity contribution is 6.46. The summed E-state index contributed by atoms with van der Waals surface area (Å²) in [5.74, 6) is -2.55. The maximum atomic E-state index is 14.7. The number of methoxy groups -OCH3 is 1. The van der Waals surface area contributed by atoms with Crippen LogP contribution in [0.3, 0.4) is 0 Å². The number of Topliss-reactive ketones (excluding diaryl/α,β-unsaturated/α-hetero) is 1. The van der Waals surface area contributed by atoms with Crippen molar-refractivity contribution >= 4 is 17.4 Å². The molecular weight excluding hydrogens is 479 g/mol. The third-order valence-electron chi connectivity index (χ3n) is 6.65. The zero-order chi connectivity index (χ0) is 26.5. The number of carbonyl (C=O) groups excluding carboxylic acids is 2. The molecule has 2 saturated heterocycles. The lowest BCUT2D eigenvalue weighted by Gasteiger charge is -2.29. The first-order valence-corrected chi connectivity index (χ1v) is 12.6. The SMILES string of the molecule is COc1ccccc1C1C(=C([O-])c2ccc(OC(C)C)c(F)c2)C(=O)C(=O)N1CCC[NH+]1CCOCC1. The Bertz CT molecular complexity index is 1180. The van der Waals surface area contributed by atoms with Gasteiger partial charge in [-0.3, -0.25) is 9.59 Å². The van der Waals surface area contributed by atoms with Crippen molar-refractivity contribution < 1.29 is 38.2 Å². The molecule has 0 saturated carbocycles. The van der Waals surface area contributed by atoms with Crippen molar-refractivity contribution in [2.45, 2.75) is 32.4 Å². The van der Waals surface area contributed by atoms with Crippen LogP contribution in [0.15, 0.2) is 48.0 Å². The van der Waals surface area contributed by atoms with Crippen molar-refractivity contribution in [2.24, 2.45) is 0 Å². The second-order valence-electron chi connectivity index (χ2n) is 9.49. The minimum atomic E-state index is -0.932. The van der Waals surface area contributed by atoms with Crippen molar-refractivity contribution in [2.75, 3.05) is 46.5 Å². The summed E-state index contributed by atoms with van der Waals surface area (Å²) < 4.78 is 31.1. The van der Waals surface area contributed by atoms with Gasteiger partial charge in [-0.15, -0.1) is 0 Å². The molecule has 2 aliphatic heterocycles. The summed E-state index contributed by atoms with van der Waals surface area (Å²) in [6.07, 6.45) is 0.402. The third kappa shape index (κ3) is 5.78. The normalized spacial score (nSPS) is 20.0. The highest BCUT2D eigenvalue weighted by Gasteiger charge is 2.45. The third-order valence-corrected chi connectivity index (χ3v) is 6.65. The predicted molar refractivity (Wildman–Crippen MR) is 133 cm³/mol. The first-order chi connectivity index (χ1) is 17.8. The van der Waals surface area contributed by atoms with E-state index in [4.69, 9.17) is 14.2 Å². The lowest BCUT2D eigenvalue weighted by molar-refractivity contribution is -0.908. The van der Waals surface area contributed by atoms with Gasteiger partial charge in [-0.1, -0.05) is 30.0 Å². The van der Waals surface area contributed by atoms with E-state index >= 15 is 0 Å². The molecule has 37 heavy (non-hydrogen) atoms. The van der Waals surface area contributed by atoms with Crippen LogP contribution >= 0.6 is 0 Å². The topological polar surface area (TPSA) is 92.6 Å². The summed E-state index contributed by atoms with van der Waals surface area (Å²) in [6, 6.07) is 9.90. The molecule has 2 aromatic rings. The molecule has 2 heterocycles. The summed E-state index contributed by atoms with van der Waals surface area (Å²) in [7, 11) is 1.49. The number of morpholine rings is 1. The van der Waals surface area contributed by atoms with Gasteiger partial charge in [-0.25, -0.2) is 4.39 Å². The first-order valence-electron chi connectivity index (χ1n) is 12.6. The number of hydrogen-bond donors (Lipinski definition) is 1. The molecule has 2 aromatic carbocycles. The zero-order valence-electron chi connectivity index (χ0n) is 21.4. The standard InChI is InChI=1S/C28H33FN2O6/c1-18(2)37-23-10-9-19(17-21(23)29)26(32)24-25(20-7-4-5-8-22(20)35-3)31(28(34)27(24)33)12-6-11-30-13-15-36-16-14-30/h4-5,7-10,17-18,25,32H,6,11-16H2,1-3H3. The maximum Gasteiger partial charge on any atom is 0.295 e. The predicted octanol–water partition coefficient (Wildman–Crippen LogP) is 1.15. The molecule has 0 aliphatic carbocycles. The smallest absolute Gasteiger partial charge is 0.295 e. The molecule has 0 radical (unpaired) electrons. The zero-order valence-corrected chi connectivity index (χ0v) is 21.4. The second kappa shape index (κ2) is 11.7. The Morgan fingerprint density at radius 3 is 2.57 bits per heavy atom. The van der Waals surface area contributed by atoms with Crippen LogP contribution in [-0.4, -0.2) is 69.2 Å². The van der Waals surface area contributed by atoms with Crippen LogP contribution in [-0.2, 0) is 14.3 Å². The molecule has 1 atom stereocenters. The number of para-hydroxylation sites is 1. The van der Waals surface area contributed by atoms with Gasteiger partial charge in [-0.05, 0) is 37.6 Å². The number of rotatable bonds is 9. The number of halogens is 1. The molecule has 2 fully saturated rings. The van der Waals surface area contributed by atoms with E-state index in [2.05, 4.69) is 0 Å². The lowest BCUT2D eigenvalue weighted by Crippen LogP contribution is -3.14. The summed E-state index contributed by atoms with van der Waals surface area (Å²) in [5.41, 5.74) is 0.306. The van der Waals surface area contributed by atoms with Gasteiger partial charge in [0.25, 0.3) is 5.91 Å². The molecule has 1 unspecified atom stereocenters. The highest BCUT2D eigenvalue weighted by Crippen LogP contribution is 2.42. The number of carbonyl (C=O) groups is 2. The van der Waals surface area contributed by atoms with Crippen molar-refractivity contribution in [3.8, 4) is 11.5 Å². The van der Waals surface area contributed by atoms with Crippen LogP contribution in [0.2, 0.25) is 0 Å². The largest absolute Gasteiger partial charge is 0.872 e. The van der Waals surface area contributed by atoms with E-state index in [0.717, 1.165) is 25.7 Å². The average Bonchev–Trinajstić information content (AvgIpc) is 3.14. The van der Waals surface area contributed by atoms with Gasteiger partial charge >= 0.3 is 0 Å². The van der Waals surface area contributed by atoms with E-state index in [-0.39, 0.29) is 23.0 Å². The number of quaternary nitrogens is 1. The van der Waals surface area contributed by atoms with E-state index in [1.165, 1.54) is 29.0 Å². The van der Waals surface area contributed by atoms with Crippen LogP contribution in [0.5, 0.6) is 11.5 Å². The molecule has 4 rings (SSSR count). The molecule has 1 amide bonds. The van der Waals surface area contributed by atoms with Gasteiger partial charge in [0.05, 0.1) is 39.0 Å². The number of benzene rings is 2. The molecule has 0 spiro atoms. The van der Waals surface area contributed by atoms with Gasteiger partial charge in [0, 0.05) is 24.1 Å². The minimum absolute atomic E-state index is 0.0129. The summed E-state index contributed by atoms with van der Waals surface area (Å²) in [5, 5.41) is 13.6. The highest BCUT2D eigenvalue weighted by atomic mass is 19.1. The Morgan fingerprint density at radius 2 is 1.89 bits per heavy atom. The number of likely N-dealkylation sites (tertiary alicyclic amines) is 1. The number of nitrogens with one attached hydrogen (secondary N) is 1.